The Bertz CT molecular complexity index is 633. The van der Waals surface area contributed by atoms with Crippen LogP contribution >= 0.6 is 0 Å². The van der Waals surface area contributed by atoms with Gasteiger partial charge in [-0.05, 0) is 23.6 Å². The van der Waals surface area contributed by atoms with Crippen LogP contribution in [-0.4, -0.2) is 27.6 Å². The van der Waals surface area contributed by atoms with Crippen molar-refractivity contribution in [3.8, 4) is 0 Å². The van der Waals surface area contributed by atoms with Crippen LogP contribution in [0.1, 0.15) is 34.2 Å². The Hall–Kier alpha value is -2.14. The SMILES string of the molecule is CCc1cc(C(=O)N(C)Cc2ccccc2CN)n(C)n1. The Labute approximate surface area is 125 Å². The number of rotatable bonds is 5. The molecule has 0 saturated carbocycles. The predicted molar refractivity (Wildman–Crippen MR) is 82.7 cm³/mol. The van der Waals surface area contributed by atoms with Gasteiger partial charge in [0, 0.05) is 27.2 Å². The van der Waals surface area contributed by atoms with Crippen LogP contribution < -0.4 is 5.73 Å². The first-order valence-corrected chi connectivity index (χ1v) is 7.12. The maximum Gasteiger partial charge on any atom is 0.272 e. The van der Waals surface area contributed by atoms with Gasteiger partial charge in [-0.1, -0.05) is 31.2 Å². The van der Waals surface area contributed by atoms with E-state index in [1.807, 2.05) is 37.3 Å². The van der Waals surface area contributed by atoms with E-state index in [-0.39, 0.29) is 5.91 Å². The zero-order valence-corrected chi connectivity index (χ0v) is 12.8. The van der Waals surface area contributed by atoms with Crippen molar-refractivity contribution in [2.45, 2.75) is 26.4 Å². The zero-order chi connectivity index (χ0) is 15.4. The fourth-order valence-corrected chi connectivity index (χ4v) is 2.33. The van der Waals surface area contributed by atoms with E-state index in [1.54, 1.807) is 23.7 Å². The quantitative estimate of drug-likeness (QED) is 0.910. The number of hydrogen-bond donors (Lipinski definition) is 1. The lowest BCUT2D eigenvalue weighted by molar-refractivity contribution is 0.0774. The van der Waals surface area contributed by atoms with E-state index in [1.165, 1.54) is 0 Å². The van der Waals surface area contributed by atoms with Crippen molar-refractivity contribution in [2.75, 3.05) is 7.05 Å². The summed E-state index contributed by atoms with van der Waals surface area (Å²) in [5, 5.41) is 4.32. The summed E-state index contributed by atoms with van der Waals surface area (Å²) in [5.74, 6) is -0.0310. The fourth-order valence-electron chi connectivity index (χ4n) is 2.33. The molecule has 2 rings (SSSR count). The van der Waals surface area contributed by atoms with Crippen LogP contribution in [0, 0.1) is 0 Å². The highest BCUT2D eigenvalue weighted by Gasteiger charge is 2.17. The molecule has 5 heteroatoms. The second-order valence-corrected chi connectivity index (χ2v) is 5.13. The lowest BCUT2D eigenvalue weighted by Crippen LogP contribution is -2.28. The Morgan fingerprint density at radius 2 is 2.00 bits per heavy atom. The number of nitrogens with two attached hydrogens (primary N) is 1. The van der Waals surface area contributed by atoms with Gasteiger partial charge >= 0.3 is 0 Å². The number of benzene rings is 1. The summed E-state index contributed by atoms with van der Waals surface area (Å²) >= 11 is 0. The minimum absolute atomic E-state index is 0.0310. The van der Waals surface area contributed by atoms with E-state index in [9.17, 15) is 4.79 Å². The van der Waals surface area contributed by atoms with Gasteiger partial charge in [-0.3, -0.25) is 9.48 Å². The molecule has 2 N–H and O–H groups in total. The van der Waals surface area contributed by atoms with Gasteiger partial charge in [0.15, 0.2) is 0 Å². The van der Waals surface area contributed by atoms with Crippen molar-refractivity contribution in [3.63, 3.8) is 0 Å². The van der Waals surface area contributed by atoms with E-state index in [4.69, 9.17) is 5.73 Å². The van der Waals surface area contributed by atoms with Gasteiger partial charge in [0.05, 0.1) is 5.69 Å². The third kappa shape index (κ3) is 3.31. The average molecular weight is 286 g/mol. The molecule has 112 valence electrons. The minimum atomic E-state index is -0.0310. The van der Waals surface area contributed by atoms with E-state index < -0.39 is 0 Å². The van der Waals surface area contributed by atoms with Gasteiger partial charge in [-0.25, -0.2) is 0 Å². The molecule has 1 heterocycles. The summed E-state index contributed by atoms with van der Waals surface area (Å²) in [6.45, 7) is 3.04. The molecule has 1 aromatic heterocycles. The molecule has 2 aromatic rings. The summed E-state index contributed by atoms with van der Waals surface area (Å²) in [5.41, 5.74) is 9.42. The van der Waals surface area contributed by atoms with Crippen molar-refractivity contribution in [3.05, 3.63) is 52.8 Å². The van der Waals surface area contributed by atoms with E-state index >= 15 is 0 Å². The maximum absolute atomic E-state index is 12.5. The van der Waals surface area contributed by atoms with Crippen LogP contribution in [0.4, 0.5) is 0 Å². The molecule has 0 fully saturated rings. The summed E-state index contributed by atoms with van der Waals surface area (Å²) in [6, 6.07) is 9.78. The number of hydrogen-bond acceptors (Lipinski definition) is 3. The monoisotopic (exact) mass is 286 g/mol. The van der Waals surface area contributed by atoms with Crippen LogP contribution in [0.3, 0.4) is 0 Å². The molecule has 0 bridgehead atoms. The van der Waals surface area contributed by atoms with Crippen LogP contribution in [0.15, 0.2) is 30.3 Å². The molecular formula is C16H22N4O. The van der Waals surface area contributed by atoms with Gasteiger partial charge in [0.2, 0.25) is 0 Å². The molecule has 0 aliphatic rings. The van der Waals surface area contributed by atoms with Crippen molar-refractivity contribution in [1.29, 1.82) is 0 Å². The molecule has 1 amide bonds. The smallest absolute Gasteiger partial charge is 0.272 e. The number of aromatic nitrogens is 2. The summed E-state index contributed by atoms with van der Waals surface area (Å²) in [7, 11) is 3.60. The normalized spacial score (nSPS) is 10.7. The lowest BCUT2D eigenvalue weighted by Gasteiger charge is -2.19. The third-order valence-corrected chi connectivity index (χ3v) is 3.60. The standard InChI is InChI=1S/C16H22N4O/c1-4-14-9-15(20(3)18-14)16(21)19(2)11-13-8-6-5-7-12(13)10-17/h5-9H,4,10-11,17H2,1-3H3. The largest absolute Gasteiger partial charge is 0.336 e. The minimum Gasteiger partial charge on any atom is -0.336 e. The van der Waals surface area contributed by atoms with E-state index in [0.717, 1.165) is 23.2 Å². The first kappa shape index (κ1) is 15.3. The van der Waals surface area contributed by atoms with E-state index in [2.05, 4.69) is 5.10 Å². The van der Waals surface area contributed by atoms with Crippen molar-refractivity contribution in [2.24, 2.45) is 12.8 Å². The zero-order valence-electron chi connectivity index (χ0n) is 12.8. The Balaban J connectivity index is 2.17. The second-order valence-electron chi connectivity index (χ2n) is 5.13. The van der Waals surface area contributed by atoms with Crippen molar-refractivity contribution in [1.82, 2.24) is 14.7 Å². The highest BCUT2D eigenvalue weighted by molar-refractivity contribution is 5.92. The van der Waals surface area contributed by atoms with Gasteiger partial charge < -0.3 is 10.6 Å². The number of carbonyl (C=O) groups excluding carboxylic acids is 1. The number of carbonyl (C=O) groups is 1. The summed E-state index contributed by atoms with van der Waals surface area (Å²) < 4.78 is 1.65. The highest BCUT2D eigenvalue weighted by Crippen LogP contribution is 2.13. The molecule has 1 aromatic carbocycles. The van der Waals surface area contributed by atoms with E-state index in [0.29, 0.717) is 18.8 Å². The molecule has 0 aliphatic carbocycles. The molecule has 0 atom stereocenters. The summed E-state index contributed by atoms with van der Waals surface area (Å²) in [6.07, 6.45) is 0.820. The molecule has 0 radical (unpaired) electrons. The van der Waals surface area contributed by atoms with Gasteiger partial charge in [-0.15, -0.1) is 0 Å². The Morgan fingerprint density at radius 3 is 2.57 bits per heavy atom. The molecule has 0 unspecified atom stereocenters. The van der Waals surface area contributed by atoms with Crippen LogP contribution in [0.2, 0.25) is 0 Å². The molecular weight excluding hydrogens is 264 g/mol. The van der Waals surface area contributed by atoms with Gasteiger partial charge in [0.1, 0.15) is 5.69 Å². The first-order valence-electron chi connectivity index (χ1n) is 7.12. The first-order chi connectivity index (χ1) is 10.1. The van der Waals surface area contributed by atoms with Crippen LogP contribution in [0.25, 0.3) is 0 Å². The molecule has 5 nitrogen and oxygen atoms in total. The summed E-state index contributed by atoms with van der Waals surface area (Å²) in [4.78, 5) is 14.2. The number of amides is 1. The topological polar surface area (TPSA) is 64.2 Å². The third-order valence-electron chi connectivity index (χ3n) is 3.60. The maximum atomic E-state index is 12.5. The highest BCUT2D eigenvalue weighted by atomic mass is 16.2. The van der Waals surface area contributed by atoms with Crippen molar-refractivity contribution >= 4 is 5.91 Å². The van der Waals surface area contributed by atoms with Gasteiger partial charge in [0.25, 0.3) is 5.91 Å². The molecule has 0 saturated heterocycles. The number of nitrogens with zero attached hydrogens (tertiary/aromatic N) is 3. The fraction of sp³-hybridized carbons (Fsp3) is 0.375. The van der Waals surface area contributed by atoms with Crippen LogP contribution in [0.5, 0.6) is 0 Å². The van der Waals surface area contributed by atoms with Gasteiger partial charge in [-0.2, -0.15) is 5.10 Å². The lowest BCUT2D eigenvalue weighted by atomic mass is 10.1. The average Bonchev–Trinajstić information content (AvgIpc) is 2.88. The molecule has 0 spiro atoms. The molecule has 0 aliphatic heterocycles. The Kier molecular flexibility index (Phi) is 4.75. The Morgan fingerprint density at radius 1 is 1.33 bits per heavy atom. The van der Waals surface area contributed by atoms with Crippen molar-refractivity contribution < 1.29 is 4.79 Å². The number of aryl methyl sites for hydroxylation is 2. The second kappa shape index (κ2) is 6.54. The van der Waals surface area contributed by atoms with Crippen LogP contribution in [-0.2, 0) is 26.6 Å². The molecule has 21 heavy (non-hydrogen) atoms. The predicted octanol–water partition coefficient (Wildman–Crippen LogP) is 1.71.